The molecule has 0 aliphatic carbocycles. The third kappa shape index (κ3) is 4.72. The molecule has 3 heteroatoms. The van der Waals surface area contributed by atoms with Gasteiger partial charge in [0, 0.05) is 16.6 Å². The molecule has 1 nitrogen and oxygen atoms in total. The topological polar surface area (TPSA) is 26.0 Å². The van der Waals surface area contributed by atoms with Gasteiger partial charge in [-0.25, -0.2) is 4.39 Å². The maximum absolute atomic E-state index is 13.2. The molecule has 0 aliphatic rings. The second-order valence-corrected chi connectivity index (χ2v) is 5.93. The summed E-state index contributed by atoms with van der Waals surface area (Å²) in [5, 5.41) is 0.574. The van der Waals surface area contributed by atoms with Crippen molar-refractivity contribution in [2.45, 2.75) is 31.8 Å². The van der Waals surface area contributed by atoms with Crippen molar-refractivity contribution in [1.29, 1.82) is 0 Å². The molecule has 1 atom stereocenters. The van der Waals surface area contributed by atoms with Crippen LogP contribution < -0.4 is 5.73 Å². The van der Waals surface area contributed by atoms with Gasteiger partial charge in [0.25, 0.3) is 0 Å². The Hall–Kier alpha value is -0.980. The largest absolute Gasteiger partial charge is 0.320 e. The first-order valence-corrected chi connectivity index (χ1v) is 7.18. The van der Waals surface area contributed by atoms with Crippen LogP contribution >= 0.6 is 11.8 Å². The van der Waals surface area contributed by atoms with Crippen LogP contribution in [0.4, 0.5) is 4.39 Å². The van der Waals surface area contributed by atoms with Crippen molar-refractivity contribution in [2.24, 2.45) is 11.7 Å². The van der Waals surface area contributed by atoms with E-state index in [1.165, 1.54) is 12.1 Å². The van der Waals surface area contributed by atoms with E-state index in [-0.39, 0.29) is 5.82 Å². The lowest BCUT2D eigenvalue weighted by Crippen LogP contribution is -2.06. The van der Waals surface area contributed by atoms with Crippen LogP contribution in [0.25, 0.3) is 0 Å². The van der Waals surface area contributed by atoms with Crippen LogP contribution in [0.5, 0.6) is 0 Å². The fourth-order valence-corrected chi connectivity index (χ4v) is 2.43. The summed E-state index contributed by atoms with van der Waals surface area (Å²) in [4.78, 5) is 0. The normalized spacial score (nSPS) is 12.1. The molecule has 1 unspecified atom stereocenters. The summed E-state index contributed by atoms with van der Waals surface area (Å²) in [5.74, 6) is 6.96. The Bertz CT molecular complexity index is 446. The minimum Gasteiger partial charge on any atom is -0.320 e. The van der Waals surface area contributed by atoms with Crippen LogP contribution in [0, 0.1) is 23.6 Å². The Kier molecular flexibility index (Phi) is 6.24. The van der Waals surface area contributed by atoms with Crippen LogP contribution in [-0.4, -0.2) is 11.8 Å². The molecule has 1 aromatic rings. The minimum absolute atomic E-state index is 0.248. The van der Waals surface area contributed by atoms with Gasteiger partial charge in [-0.2, -0.15) is 11.8 Å². The lowest BCUT2D eigenvalue weighted by molar-refractivity contribution is 0.626. The molecule has 0 amide bonds. The van der Waals surface area contributed by atoms with E-state index in [0.29, 0.717) is 17.7 Å². The summed E-state index contributed by atoms with van der Waals surface area (Å²) < 4.78 is 13.2. The first kappa shape index (κ1) is 15.1. The van der Waals surface area contributed by atoms with Crippen molar-refractivity contribution >= 4 is 11.8 Å². The van der Waals surface area contributed by atoms with Gasteiger partial charge in [-0.3, -0.25) is 0 Å². The molecule has 0 aliphatic heterocycles. The highest BCUT2D eigenvalue weighted by atomic mass is 32.2. The first-order chi connectivity index (χ1) is 8.54. The average Bonchev–Trinajstić information content (AvgIpc) is 2.34. The van der Waals surface area contributed by atoms with Gasteiger partial charge < -0.3 is 5.73 Å². The Balaban J connectivity index is 2.81. The third-order valence-corrected chi connectivity index (χ3v) is 4.39. The SMILES string of the molecule is CC(C)C(C)SCc1ccc(F)cc1C#CCN. The van der Waals surface area contributed by atoms with Gasteiger partial charge >= 0.3 is 0 Å². The summed E-state index contributed by atoms with van der Waals surface area (Å²) in [6, 6.07) is 4.79. The highest BCUT2D eigenvalue weighted by Gasteiger charge is 2.09. The van der Waals surface area contributed by atoms with E-state index in [2.05, 4.69) is 32.6 Å². The van der Waals surface area contributed by atoms with E-state index in [0.717, 1.165) is 16.9 Å². The van der Waals surface area contributed by atoms with Crippen LogP contribution in [0.2, 0.25) is 0 Å². The van der Waals surface area contributed by atoms with E-state index < -0.39 is 0 Å². The number of thioether (sulfide) groups is 1. The maximum atomic E-state index is 13.2. The zero-order valence-electron chi connectivity index (χ0n) is 11.2. The summed E-state index contributed by atoms with van der Waals surface area (Å²) in [7, 11) is 0. The predicted molar refractivity (Wildman–Crippen MR) is 77.9 cm³/mol. The lowest BCUT2D eigenvalue weighted by Gasteiger charge is -2.15. The molecule has 1 aromatic carbocycles. The summed E-state index contributed by atoms with van der Waals surface area (Å²) in [6.07, 6.45) is 0. The molecule has 0 radical (unpaired) electrons. The van der Waals surface area contributed by atoms with Crippen LogP contribution in [-0.2, 0) is 5.75 Å². The van der Waals surface area contributed by atoms with Gasteiger partial charge in [0.05, 0.1) is 6.54 Å². The van der Waals surface area contributed by atoms with E-state index in [1.807, 2.05) is 17.8 Å². The van der Waals surface area contributed by atoms with Crippen molar-refractivity contribution in [1.82, 2.24) is 0 Å². The molecule has 0 heterocycles. The number of halogens is 1. The lowest BCUT2D eigenvalue weighted by atomic mass is 10.1. The summed E-state index contributed by atoms with van der Waals surface area (Å²) in [6.45, 7) is 6.92. The number of nitrogens with two attached hydrogens (primary N) is 1. The molecule has 0 saturated carbocycles. The maximum Gasteiger partial charge on any atom is 0.124 e. The van der Waals surface area contributed by atoms with Crippen LogP contribution in [0.3, 0.4) is 0 Å². The van der Waals surface area contributed by atoms with E-state index in [1.54, 1.807) is 0 Å². The van der Waals surface area contributed by atoms with Crippen LogP contribution in [0.15, 0.2) is 18.2 Å². The van der Waals surface area contributed by atoms with Crippen LogP contribution in [0.1, 0.15) is 31.9 Å². The van der Waals surface area contributed by atoms with Crippen molar-refractivity contribution in [3.05, 3.63) is 35.1 Å². The highest BCUT2D eigenvalue weighted by Crippen LogP contribution is 2.24. The summed E-state index contributed by atoms with van der Waals surface area (Å²) in [5.41, 5.74) is 7.19. The standard InChI is InChI=1S/C15H20FNS/c1-11(2)12(3)18-10-14-6-7-15(16)9-13(14)5-4-8-17/h6-7,9,11-12H,8,10,17H2,1-3H3. The van der Waals surface area contributed by atoms with Gasteiger partial charge in [-0.1, -0.05) is 38.7 Å². The fraction of sp³-hybridized carbons (Fsp3) is 0.467. The highest BCUT2D eigenvalue weighted by molar-refractivity contribution is 7.99. The van der Waals surface area contributed by atoms with E-state index in [4.69, 9.17) is 5.73 Å². The van der Waals surface area contributed by atoms with Gasteiger partial charge in [0.2, 0.25) is 0 Å². The average molecular weight is 265 g/mol. The quantitative estimate of drug-likeness (QED) is 0.844. The minimum atomic E-state index is -0.248. The van der Waals surface area contributed by atoms with E-state index >= 15 is 0 Å². The monoisotopic (exact) mass is 265 g/mol. The van der Waals surface area contributed by atoms with Gasteiger partial charge in [-0.15, -0.1) is 0 Å². The smallest absolute Gasteiger partial charge is 0.124 e. The fourth-order valence-electron chi connectivity index (χ4n) is 1.35. The number of rotatable bonds is 4. The zero-order chi connectivity index (χ0) is 13.5. The number of hydrogen-bond donors (Lipinski definition) is 1. The Morgan fingerprint density at radius 3 is 2.67 bits per heavy atom. The Morgan fingerprint density at radius 2 is 2.06 bits per heavy atom. The Morgan fingerprint density at radius 1 is 1.33 bits per heavy atom. The van der Waals surface area contributed by atoms with Crippen molar-refractivity contribution in [2.75, 3.05) is 6.54 Å². The second-order valence-electron chi connectivity index (χ2n) is 4.57. The summed E-state index contributed by atoms with van der Waals surface area (Å²) >= 11 is 1.87. The number of benzene rings is 1. The van der Waals surface area contributed by atoms with E-state index in [9.17, 15) is 4.39 Å². The van der Waals surface area contributed by atoms with Gasteiger partial charge in [-0.05, 0) is 23.6 Å². The molecule has 2 N–H and O–H groups in total. The molecule has 0 aromatic heterocycles. The van der Waals surface area contributed by atoms with Gasteiger partial charge in [0.15, 0.2) is 0 Å². The zero-order valence-corrected chi connectivity index (χ0v) is 12.0. The molecule has 18 heavy (non-hydrogen) atoms. The second kappa shape index (κ2) is 7.45. The molecular weight excluding hydrogens is 245 g/mol. The van der Waals surface area contributed by atoms with Crippen molar-refractivity contribution < 1.29 is 4.39 Å². The van der Waals surface area contributed by atoms with Gasteiger partial charge in [0.1, 0.15) is 5.82 Å². The molecule has 0 bridgehead atoms. The van der Waals surface area contributed by atoms with Crippen molar-refractivity contribution in [3.63, 3.8) is 0 Å². The first-order valence-electron chi connectivity index (χ1n) is 6.13. The molecule has 0 saturated heterocycles. The molecule has 1 rings (SSSR count). The molecule has 98 valence electrons. The molecule has 0 fully saturated rings. The molecule has 0 spiro atoms. The Labute approximate surface area is 113 Å². The van der Waals surface area contributed by atoms with Crippen molar-refractivity contribution in [3.8, 4) is 11.8 Å². The number of hydrogen-bond acceptors (Lipinski definition) is 2. The predicted octanol–water partition coefficient (Wildman–Crippen LogP) is 3.41. The molecular formula is C15H20FNS. The third-order valence-electron chi connectivity index (χ3n) is 2.84.